The molecule has 0 aliphatic rings. The van der Waals surface area contributed by atoms with Crippen LogP contribution in [-0.4, -0.2) is 32.5 Å². The minimum atomic E-state index is -0.284. The topological polar surface area (TPSA) is 62.7 Å². The maximum absolute atomic E-state index is 12.2. The second-order valence-corrected chi connectivity index (χ2v) is 7.68. The second-order valence-electron chi connectivity index (χ2n) is 5.07. The van der Waals surface area contributed by atoms with E-state index in [1.807, 2.05) is 18.4 Å². The number of amides is 1. The van der Waals surface area contributed by atoms with Gasteiger partial charge in [-0.15, -0.1) is 11.8 Å². The Morgan fingerprint density at radius 2 is 2.25 bits per heavy atom. The molecule has 1 aromatic carbocycles. The van der Waals surface area contributed by atoms with Crippen LogP contribution in [0.2, 0.25) is 10.0 Å². The smallest absolute Gasteiger partial charge is 0.233 e. The molecule has 0 spiro atoms. The van der Waals surface area contributed by atoms with Crippen LogP contribution in [0.1, 0.15) is 19.7 Å². The molecule has 1 atom stereocenters. The number of carbonyl (C=O) groups excluding carboxylic acids is 1. The van der Waals surface area contributed by atoms with Gasteiger partial charge in [0.15, 0.2) is 4.77 Å². The monoisotopic (exact) mass is 404 g/mol. The Hall–Kier alpha value is -1.02. The molecule has 9 heteroatoms. The Morgan fingerprint density at radius 3 is 2.96 bits per heavy atom. The SMILES string of the molecule is CCn1c(CCNC(=O)C(C)Sc2cc(Cl)ccc2Cl)n[nH]c1=S. The Morgan fingerprint density at radius 1 is 1.50 bits per heavy atom. The van der Waals surface area contributed by atoms with Gasteiger partial charge in [-0.1, -0.05) is 23.2 Å². The van der Waals surface area contributed by atoms with E-state index in [-0.39, 0.29) is 11.2 Å². The lowest BCUT2D eigenvalue weighted by Crippen LogP contribution is -2.32. The molecule has 0 saturated heterocycles. The number of nitrogens with one attached hydrogen (secondary N) is 2. The number of carbonyl (C=O) groups is 1. The number of nitrogens with zero attached hydrogens (tertiary/aromatic N) is 2. The number of aromatic amines is 1. The average Bonchev–Trinajstić information content (AvgIpc) is 2.90. The summed E-state index contributed by atoms with van der Waals surface area (Å²) in [5.41, 5.74) is 0. The minimum Gasteiger partial charge on any atom is -0.355 e. The number of benzene rings is 1. The van der Waals surface area contributed by atoms with Crippen LogP contribution in [0.25, 0.3) is 0 Å². The molecule has 130 valence electrons. The van der Waals surface area contributed by atoms with Crippen molar-refractivity contribution in [2.75, 3.05) is 6.54 Å². The van der Waals surface area contributed by atoms with Crippen LogP contribution in [0.15, 0.2) is 23.1 Å². The summed E-state index contributed by atoms with van der Waals surface area (Å²) in [4.78, 5) is 13.0. The van der Waals surface area contributed by atoms with Crippen molar-refractivity contribution in [1.82, 2.24) is 20.1 Å². The predicted octanol–water partition coefficient (Wildman–Crippen LogP) is 4.11. The van der Waals surface area contributed by atoms with Gasteiger partial charge in [-0.3, -0.25) is 9.89 Å². The van der Waals surface area contributed by atoms with E-state index in [1.165, 1.54) is 11.8 Å². The van der Waals surface area contributed by atoms with Gasteiger partial charge in [-0.05, 0) is 44.3 Å². The fraction of sp³-hybridized carbons (Fsp3) is 0.400. The van der Waals surface area contributed by atoms with E-state index < -0.39 is 0 Å². The van der Waals surface area contributed by atoms with Crippen molar-refractivity contribution in [3.05, 3.63) is 38.8 Å². The van der Waals surface area contributed by atoms with Crippen molar-refractivity contribution in [3.8, 4) is 0 Å². The first kappa shape index (κ1) is 19.3. The molecule has 0 aliphatic heterocycles. The van der Waals surface area contributed by atoms with Gasteiger partial charge in [0.1, 0.15) is 5.82 Å². The number of rotatable bonds is 7. The molecule has 0 radical (unpaired) electrons. The highest BCUT2D eigenvalue weighted by molar-refractivity contribution is 8.00. The summed E-state index contributed by atoms with van der Waals surface area (Å²) in [6, 6.07) is 5.21. The molecule has 1 heterocycles. The third-order valence-electron chi connectivity index (χ3n) is 3.37. The van der Waals surface area contributed by atoms with E-state index in [4.69, 9.17) is 35.4 Å². The molecule has 0 aliphatic carbocycles. The Bertz CT molecular complexity index is 775. The van der Waals surface area contributed by atoms with Crippen molar-refractivity contribution in [3.63, 3.8) is 0 Å². The molecule has 2 aromatic rings. The summed E-state index contributed by atoms with van der Waals surface area (Å²) in [6.07, 6.45) is 0.613. The van der Waals surface area contributed by atoms with E-state index in [0.717, 1.165) is 17.3 Å². The first-order valence-corrected chi connectivity index (χ1v) is 9.50. The van der Waals surface area contributed by atoms with Crippen molar-refractivity contribution < 1.29 is 4.79 Å². The number of H-pyrrole nitrogens is 1. The molecule has 5 nitrogen and oxygen atoms in total. The fourth-order valence-electron chi connectivity index (χ4n) is 2.12. The minimum absolute atomic E-state index is 0.0618. The maximum atomic E-state index is 12.2. The quantitative estimate of drug-likeness (QED) is 0.538. The largest absolute Gasteiger partial charge is 0.355 e. The van der Waals surface area contributed by atoms with Crippen molar-refractivity contribution in [1.29, 1.82) is 0 Å². The lowest BCUT2D eigenvalue weighted by atomic mass is 10.3. The zero-order valence-corrected chi connectivity index (χ0v) is 16.5. The highest BCUT2D eigenvalue weighted by atomic mass is 35.5. The van der Waals surface area contributed by atoms with Gasteiger partial charge >= 0.3 is 0 Å². The molecule has 0 fully saturated rings. The van der Waals surface area contributed by atoms with Crippen LogP contribution in [0.3, 0.4) is 0 Å². The normalized spacial score (nSPS) is 12.2. The molecule has 1 aromatic heterocycles. The van der Waals surface area contributed by atoms with E-state index >= 15 is 0 Å². The van der Waals surface area contributed by atoms with E-state index in [0.29, 0.717) is 27.8 Å². The van der Waals surface area contributed by atoms with Crippen LogP contribution in [0.4, 0.5) is 0 Å². The van der Waals surface area contributed by atoms with Gasteiger partial charge in [0.2, 0.25) is 5.91 Å². The van der Waals surface area contributed by atoms with Gasteiger partial charge in [0.05, 0.1) is 10.3 Å². The zero-order valence-electron chi connectivity index (χ0n) is 13.3. The molecule has 2 rings (SSSR count). The van der Waals surface area contributed by atoms with Crippen LogP contribution in [0, 0.1) is 4.77 Å². The molecule has 0 bridgehead atoms. The fourth-order valence-corrected chi connectivity index (χ4v) is 3.83. The van der Waals surface area contributed by atoms with Crippen LogP contribution in [0.5, 0.6) is 0 Å². The first-order valence-electron chi connectivity index (χ1n) is 7.45. The molecular formula is C15H18Cl2N4OS2. The van der Waals surface area contributed by atoms with Crippen molar-refractivity contribution >= 4 is 53.1 Å². The maximum Gasteiger partial charge on any atom is 0.233 e. The summed E-state index contributed by atoms with van der Waals surface area (Å²) in [5, 5.41) is 10.7. The lowest BCUT2D eigenvalue weighted by Gasteiger charge is -2.13. The molecule has 1 amide bonds. The van der Waals surface area contributed by atoms with Gasteiger partial charge < -0.3 is 9.88 Å². The van der Waals surface area contributed by atoms with E-state index in [1.54, 1.807) is 18.2 Å². The zero-order chi connectivity index (χ0) is 17.7. The van der Waals surface area contributed by atoms with Gasteiger partial charge in [0.25, 0.3) is 0 Å². The number of halogens is 2. The summed E-state index contributed by atoms with van der Waals surface area (Å²) in [6.45, 7) is 5.07. The molecule has 1 unspecified atom stereocenters. The molecule has 2 N–H and O–H groups in total. The molecule has 0 saturated carbocycles. The predicted molar refractivity (Wildman–Crippen MR) is 102 cm³/mol. The van der Waals surface area contributed by atoms with Gasteiger partial charge in [-0.2, -0.15) is 5.10 Å². The highest BCUT2D eigenvalue weighted by Gasteiger charge is 2.16. The summed E-state index contributed by atoms with van der Waals surface area (Å²) < 4.78 is 2.50. The van der Waals surface area contributed by atoms with Crippen molar-refractivity contribution in [2.45, 2.75) is 37.0 Å². The Labute approximate surface area is 160 Å². The van der Waals surface area contributed by atoms with Crippen LogP contribution < -0.4 is 5.32 Å². The molecule has 24 heavy (non-hydrogen) atoms. The Balaban J connectivity index is 1.87. The summed E-state index contributed by atoms with van der Waals surface area (Å²) in [5.74, 6) is 0.772. The van der Waals surface area contributed by atoms with E-state index in [9.17, 15) is 4.79 Å². The highest BCUT2D eigenvalue weighted by Crippen LogP contribution is 2.32. The van der Waals surface area contributed by atoms with Gasteiger partial charge in [0, 0.05) is 29.4 Å². The van der Waals surface area contributed by atoms with E-state index in [2.05, 4.69) is 15.5 Å². The number of hydrogen-bond acceptors (Lipinski definition) is 4. The second kappa shape index (κ2) is 8.89. The third-order valence-corrected chi connectivity index (χ3v) is 5.52. The number of thioether (sulfide) groups is 1. The number of hydrogen-bond donors (Lipinski definition) is 2. The van der Waals surface area contributed by atoms with Crippen LogP contribution >= 0.6 is 47.2 Å². The number of aromatic nitrogens is 3. The third kappa shape index (κ3) is 4.99. The summed E-state index contributed by atoms with van der Waals surface area (Å²) >= 11 is 18.6. The Kier molecular flexibility index (Phi) is 7.16. The lowest BCUT2D eigenvalue weighted by molar-refractivity contribution is -0.120. The van der Waals surface area contributed by atoms with Crippen molar-refractivity contribution in [2.24, 2.45) is 0 Å². The van der Waals surface area contributed by atoms with Gasteiger partial charge in [-0.25, -0.2) is 0 Å². The summed E-state index contributed by atoms with van der Waals surface area (Å²) in [7, 11) is 0. The first-order chi connectivity index (χ1) is 11.4. The standard InChI is InChI=1S/C15H18Cl2N4OS2/c1-3-21-13(19-20-15(21)23)6-7-18-14(22)9(2)24-12-8-10(16)4-5-11(12)17/h4-5,8-9H,3,6-7H2,1-2H3,(H,18,22)(H,20,23). The average molecular weight is 405 g/mol. The van der Waals surface area contributed by atoms with Crippen LogP contribution in [-0.2, 0) is 17.8 Å². The molecular weight excluding hydrogens is 387 g/mol.